The van der Waals surface area contributed by atoms with Crippen LogP contribution in [-0.4, -0.2) is 38.6 Å². The Balaban J connectivity index is 1.99. The fourth-order valence-electron chi connectivity index (χ4n) is 2.28. The highest BCUT2D eigenvalue weighted by molar-refractivity contribution is 9.10. The number of nitrogens with one attached hydrogen (secondary N) is 1. The van der Waals surface area contributed by atoms with E-state index >= 15 is 0 Å². The predicted octanol–water partition coefficient (Wildman–Crippen LogP) is 3.48. The fraction of sp³-hybridized carbons (Fsp3) is 0.278. The molecular weight excluding hydrogens is 372 g/mol. The molecule has 1 aromatic carbocycles. The summed E-state index contributed by atoms with van der Waals surface area (Å²) in [7, 11) is 5.49. The van der Waals surface area contributed by atoms with E-state index in [0.717, 1.165) is 15.8 Å². The average Bonchev–Trinajstić information content (AvgIpc) is 3.07. The summed E-state index contributed by atoms with van der Waals surface area (Å²) in [5.74, 6) is 1.36. The number of likely N-dealkylation sites (N-methyl/N-ethyl adjacent to an activating group) is 1. The van der Waals surface area contributed by atoms with Gasteiger partial charge >= 0.3 is 0 Å². The number of furan rings is 1. The summed E-state index contributed by atoms with van der Waals surface area (Å²) in [5, 5.41) is 2.89. The smallest absolute Gasteiger partial charge is 0.244 e. The van der Waals surface area contributed by atoms with Crippen LogP contribution in [0, 0.1) is 0 Å². The van der Waals surface area contributed by atoms with Crippen molar-refractivity contribution in [2.45, 2.75) is 6.04 Å². The Morgan fingerprint density at radius 2 is 2.21 bits per heavy atom. The van der Waals surface area contributed by atoms with Gasteiger partial charge in [0.1, 0.15) is 11.5 Å². The Hall–Kier alpha value is -2.05. The summed E-state index contributed by atoms with van der Waals surface area (Å²) in [4.78, 5) is 14.1. The summed E-state index contributed by atoms with van der Waals surface area (Å²) in [6.07, 6.45) is 4.86. The van der Waals surface area contributed by atoms with E-state index in [1.807, 2.05) is 49.3 Å². The molecule has 0 aliphatic heterocycles. The molecule has 0 bridgehead atoms. The number of carbonyl (C=O) groups is 1. The highest BCUT2D eigenvalue weighted by Gasteiger charge is 2.17. The molecule has 0 saturated carbocycles. The molecule has 1 atom stereocenters. The largest absolute Gasteiger partial charge is 0.496 e. The number of hydrogen-bond donors (Lipinski definition) is 1. The molecule has 128 valence electrons. The monoisotopic (exact) mass is 392 g/mol. The van der Waals surface area contributed by atoms with Crippen LogP contribution in [0.3, 0.4) is 0 Å². The van der Waals surface area contributed by atoms with Gasteiger partial charge in [0, 0.05) is 22.7 Å². The van der Waals surface area contributed by atoms with Crippen LogP contribution >= 0.6 is 15.9 Å². The van der Waals surface area contributed by atoms with Gasteiger partial charge in [0.25, 0.3) is 0 Å². The van der Waals surface area contributed by atoms with E-state index in [4.69, 9.17) is 9.15 Å². The van der Waals surface area contributed by atoms with Gasteiger partial charge in [-0.1, -0.05) is 15.9 Å². The van der Waals surface area contributed by atoms with Crippen molar-refractivity contribution in [3.63, 3.8) is 0 Å². The van der Waals surface area contributed by atoms with Crippen molar-refractivity contribution < 1.29 is 13.9 Å². The number of benzene rings is 1. The van der Waals surface area contributed by atoms with Crippen LogP contribution in [0.25, 0.3) is 6.08 Å². The van der Waals surface area contributed by atoms with Crippen molar-refractivity contribution in [3.05, 3.63) is 58.5 Å². The first-order valence-corrected chi connectivity index (χ1v) is 8.30. The maximum Gasteiger partial charge on any atom is 0.244 e. The number of carbonyl (C=O) groups excluding carboxylic acids is 1. The van der Waals surface area contributed by atoms with E-state index in [-0.39, 0.29) is 11.9 Å². The molecule has 0 aliphatic carbocycles. The van der Waals surface area contributed by atoms with E-state index in [1.165, 1.54) is 6.08 Å². The quantitative estimate of drug-likeness (QED) is 0.732. The third-order valence-corrected chi connectivity index (χ3v) is 4.06. The average molecular weight is 393 g/mol. The molecule has 0 radical (unpaired) electrons. The van der Waals surface area contributed by atoms with Gasteiger partial charge in [-0.3, -0.25) is 9.69 Å². The van der Waals surface area contributed by atoms with Crippen LogP contribution < -0.4 is 10.1 Å². The molecule has 1 unspecified atom stereocenters. The van der Waals surface area contributed by atoms with Crippen LogP contribution in [0.4, 0.5) is 0 Å². The lowest BCUT2D eigenvalue weighted by Gasteiger charge is -2.22. The van der Waals surface area contributed by atoms with Crippen molar-refractivity contribution >= 4 is 27.9 Å². The lowest BCUT2D eigenvalue weighted by molar-refractivity contribution is -0.116. The second-order valence-corrected chi connectivity index (χ2v) is 6.38. The standard InChI is InChI=1S/C18H21BrN2O3/c1-21(2)15(17-5-4-10-24-17)12-20-18(22)9-6-13-11-14(19)7-8-16(13)23-3/h4-11,15H,12H2,1-3H3,(H,20,22)/b9-6+. The molecule has 1 heterocycles. The molecule has 2 aromatic rings. The summed E-state index contributed by atoms with van der Waals surface area (Å²) in [5.41, 5.74) is 0.831. The topological polar surface area (TPSA) is 54.7 Å². The number of amides is 1. The molecule has 1 N–H and O–H groups in total. The van der Waals surface area contributed by atoms with E-state index < -0.39 is 0 Å². The van der Waals surface area contributed by atoms with E-state index in [1.54, 1.807) is 19.4 Å². The molecule has 5 nitrogen and oxygen atoms in total. The summed E-state index contributed by atoms with van der Waals surface area (Å²) in [6.45, 7) is 0.458. The van der Waals surface area contributed by atoms with Crippen molar-refractivity contribution in [2.24, 2.45) is 0 Å². The molecule has 0 spiro atoms. The minimum atomic E-state index is -0.171. The van der Waals surface area contributed by atoms with Gasteiger partial charge in [-0.2, -0.15) is 0 Å². The van der Waals surface area contributed by atoms with E-state index in [2.05, 4.69) is 21.2 Å². The van der Waals surface area contributed by atoms with Gasteiger partial charge in [0.15, 0.2) is 0 Å². The highest BCUT2D eigenvalue weighted by atomic mass is 79.9. The van der Waals surface area contributed by atoms with Crippen molar-refractivity contribution in [2.75, 3.05) is 27.7 Å². The number of halogens is 1. The molecule has 2 rings (SSSR count). The third kappa shape index (κ3) is 4.97. The summed E-state index contributed by atoms with van der Waals surface area (Å²) >= 11 is 3.41. The Kier molecular flexibility index (Phi) is 6.63. The van der Waals surface area contributed by atoms with Crippen molar-refractivity contribution in [1.82, 2.24) is 10.2 Å². The zero-order valence-corrected chi connectivity index (χ0v) is 15.5. The van der Waals surface area contributed by atoms with Crippen molar-refractivity contribution in [3.8, 4) is 5.75 Å². The van der Waals surface area contributed by atoms with Crippen LogP contribution in [-0.2, 0) is 4.79 Å². The van der Waals surface area contributed by atoms with Gasteiger partial charge in [-0.05, 0) is 50.5 Å². The van der Waals surface area contributed by atoms with Gasteiger partial charge in [-0.15, -0.1) is 0 Å². The predicted molar refractivity (Wildman–Crippen MR) is 97.9 cm³/mol. The molecule has 0 aliphatic rings. The Morgan fingerprint density at radius 1 is 1.42 bits per heavy atom. The fourth-order valence-corrected chi connectivity index (χ4v) is 2.65. The highest BCUT2D eigenvalue weighted by Crippen LogP contribution is 2.24. The number of methoxy groups -OCH3 is 1. The van der Waals surface area contributed by atoms with Gasteiger partial charge in [-0.25, -0.2) is 0 Å². The van der Waals surface area contributed by atoms with Crippen LogP contribution in [0.15, 0.2) is 51.6 Å². The first-order chi connectivity index (χ1) is 11.5. The van der Waals surface area contributed by atoms with Crippen molar-refractivity contribution in [1.29, 1.82) is 0 Å². The van der Waals surface area contributed by atoms with Crippen LogP contribution in [0.2, 0.25) is 0 Å². The Morgan fingerprint density at radius 3 is 2.83 bits per heavy atom. The molecule has 24 heavy (non-hydrogen) atoms. The summed E-state index contributed by atoms with van der Waals surface area (Å²) in [6, 6.07) is 9.36. The molecular formula is C18H21BrN2O3. The maximum absolute atomic E-state index is 12.1. The Bertz CT molecular complexity index is 696. The zero-order valence-electron chi connectivity index (χ0n) is 14.0. The minimum Gasteiger partial charge on any atom is -0.496 e. The zero-order chi connectivity index (χ0) is 17.5. The summed E-state index contributed by atoms with van der Waals surface area (Å²) < 4.78 is 11.6. The van der Waals surface area contributed by atoms with E-state index in [0.29, 0.717) is 12.3 Å². The van der Waals surface area contributed by atoms with Gasteiger partial charge in [0.05, 0.1) is 19.4 Å². The molecule has 1 amide bonds. The Labute approximate surface area is 150 Å². The normalized spacial score (nSPS) is 12.5. The third-order valence-electron chi connectivity index (χ3n) is 3.57. The van der Waals surface area contributed by atoms with E-state index in [9.17, 15) is 4.79 Å². The second kappa shape index (κ2) is 8.70. The first-order valence-electron chi connectivity index (χ1n) is 7.50. The molecule has 6 heteroatoms. The van der Waals surface area contributed by atoms with Gasteiger partial charge in [0.2, 0.25) is 5.91 Å². The number of nitrogens with zero attached hydrogens (tertiary/aromatic N) is 1. The molecule has 0 saturated heterocycles. The maximum atomic E-state index is 12.1. The molecule has 1 aromatic heterocycles. The lowest BCUT2D eigenvalue weighted by Crippen LogP contribution is -2.33. The van der Waals surface area contributed by atoms with Gasteiger partial charge < -0.3 is 14.5 Å². The molecule has 0 fully saturated rings. The van der Waals surface area contributed by atoms with Crippen LogP contribution in [0.1, 0.15) is 17.4 Å². The number of rotatable bonds is 7. The SMILES string of the molecule is COc1ccc(Br)cc1/C=C/C(=O)NCC(c1ccco1)N(C)C. The number of ether oxygens (including phenoxy) is 1. The second-order valence-electron chi connectivity index (χ2n) is 5.46. The number of hydrogen-bond acceptors (Lipinski definition) is 4. The first kappa shape index (κ1) is 18.3. The lowest BCUT2D eigenvalue weighted by atomic mass is 10.2. The minimum absolute atomic E-state index is 0.0160. The van der Waals surface area contributed by atoms with Crippen LogP contribution in [0.5, 0.6) is 5.75 Å².